The number of fused-ring (bicyclic) bond motifs is 2. The number of imide groups is 1. The number of hydrogen-bond donors (Lipinski definition) is 0. The fraction of sp³-hybridized carbons (Fsp3) is 0.389. The van der Waals surface area contributed by atoms with Crippen LogP contribution in [-0.2, 0) is 28.9 Å². The Bertz CT molecular complexity index is 1860. The van der Waals surface area contributed by atoms with E-state index in [1.807, 2.05) is 24.3 Å². The highest BCUT2D eigenvalue weighted by Gasteiger charge is 2.36. The molecule has 0 N–H and O–H groups in total. The van der Waals surface area contributed by atoms with Crippen LogP contribution in [0.5, 0.6) is 17.2 Å². The van der Waals surface area contributed by atoms with Gasteiger partial charge in [0.25, 0.3) is 17.4 Å². The van der Waals surface area contributed by atoms with Crippen LogP contribution in [0.4, 0.5) is 0 Å². The van der Waals surface area contributed by atoms with Crippen LogP contribution >= 0.6 is 0 Å². The molecule has 2 aliphatic rings. The Labute approximate surface area is 278 Å². The number of aromatic nitrogens is 2. The van der Waals surface area contributed by atoms with Crippen molar-refractivity contribution >= 4 is 22.7 Å². The van der Waals surface area contributed by atoms with Crippen molar-refractivity contribution in [3.05, 3.63) is 93.5 Å². The summed E-state index contributed by atoms with van der Waals surface area (Å²) in [6.45, 7) is 4.31. The monoisotopic (exact) mass is 656 g/mol. The summed E-state index contributed by atoms with van der Waals surface area (Å²) in [5.41, 5.74) is 1.99. The van der Waals surface area contributed by atoms with Gasteiger partial charge in [-0.15, -0.1) is 0 Å². The number of para-hydroxylation sites is 1. The van der Waals surface area contributed by atoms with Gasteiger partial charge in [0.15, 0.2) is 11.5 Å². The van der Waals surface area contributed by atoms with Crippen molar-refractivity contribution in [2.75, 3.05) is 67.3 Å². The van der Waals surface area contributed by atoms with E-state index in [2.05, 4.69) is 4.90 Å². The molecule has 1 unspecified atom stereocenters. The zero-order valence-electron chi connectivity index (χ0n) is 27.5. The Morgan fingerprint density at radius 2 is 1.67 bits per heavy atom. The van der Waals surface area contributed by atoms with Gasteiger partial charge in [-0.25, -0.2) is 4.98 Å². The van der Waals surface area contributed by atoms with Gasteiger partial charge in [0, 0.05) is 46.3 Å². The van der Waals surface area contributed by atoms with Gasteiger partial charge in [-0.3, -0.25) is 28.8 Å². The van der Waals surface area contributed by atoms with Crippen molar-refractivity contribution in [2.24, 2.45) is 0 Å². The molecular formula is C36H40N4O8. The van der Waals surface area contributed by atoms with Crippen LogP contribution in [0.1, 0.15) is 32.1 Å². The van der Waals surface area contributed by atoms with Gasteiger partial charge in [-0.2, -0.15) is 0 Å². The number of morpholine rings is 1. The molecule has 2 amide bonds. The molecule has 0 radical (unpaired) electrons. The number of aryl methyl sites for hydroxylation is 1. The molecule has 1 aromatic heterocycles. The minimum absolute atomic E-state index is 0.0375. The van der Waals surface area contributed by atoms with Crippen molar-refractivity contribution in [1.82, 2.24) is 19.4 Å². The summed E-state index contributed by atoms with van der Waals surface area (Å²) in [6, 6.07) is 17.8. The Kier molecular flexibility index (Phi) is 10.3. The van der Waals surface area contributed by atoms with Gasteiger partial charge in [-0.1, -0.05) is 18.2 Å². The van der Waals surface area contributed by atoms with E-state index < -0.39 is 5.91 Å². The van der Waals surface area contributed by atoms with Crippen molar-refractivity contribution in [3.8, 4) is 17.2 Å². The van der Waals surface area contributed by atoms with Gasteiger partial charge in [0.05, 0.1) is 55.6 Å². The number of benzene rings is 3. The summed E-state index contributed by atoms with van der Waals surface area (Å²) in [6.07, 6.45) is 0.780. The van der Waals surface area contributed by atoms with Gasteiger partial charge in [-0.05, 0) is 54.4 Å². The number of hydrogen-bond acceptors (Lipinski definition) is 10. The zero-order valence-corrected chi connectivity index (χ0v) is 27.5. The van der Waals surface area contributed by atoms with Crippen LogP contribution in [0, 0.1) is 0 Å². The molecule has 4 aromatic rings. The van der Waals surface area contributed by atoms with Crippen LogP contribution < -0.4 is 19.8 Å². The first-order valence-corrected chi connectivity index (χ1v) is 16.1. The maximum absolute atomic E-state index is 13.7. The SMILES string of the molecule is COCC1CN(CCOc2ccc3c(c2)C(=O)N(CCc2nc4ccccc4c(=O)n2CCc2ccc(OC)c(OC)c2)C3=O)CCO1. The molecule has 6 rings (SSSR count). The second-order valence-corrected chi connectivity index (χ2v) is 11.8. The van der Waals surface area contributed by atoms with E-state index >= 15 is 0 Å². The highest BCUT2D eigenvalue weighted by Crippen LogP contribution is 2.29. The Balaban J connectivity index is 1.14. The van der Waals surface area contributed by atoms with Crippen LogP contribution in [0.25, 0.3) is 10.9 Å². The number of ether oxygens (including phenoxy) is 5. The lowest BCUT2D eigenvalue weighted by atomic mass is 10.1. The van der Waals surface area contributed by atoms with Gasteiger partial charge < -0.3 is 23.7 Å². The summed E-state index contributed by atoms with van der Waals surface area (Å²) >= 11 is 0. The van der Waals surface area contributed by atoms with E-state index in [9.17, 15) is 14.4 Å². The fourth-order valence-electron chi connectivity index (χ4n) is 6.25. The van der Waals surface area contributed by atoms with E-state index in [4.69, 9.17) is 28.7 Å². The van der Waals surface area contributed by atoms with E-state index in [1.54, 1.807) is 62.3 Å². The van der Waals surface area contributed by atoms with E-state index in [0.29, 0.717) is 84.4 Å². The molecule has 2 aliphatic heterocycles. The van der Waals surface area contributed by atoms with Crippen molar-refractivity contribution in [1.29, 1.82) is 0 Å². The number of rotatable bonds is 14. The summed E-state index contributed by atoms with van der Waals surface area (Å²) in [5.74, 6) is 1.48. The molecule has 0 aliphatic carbocycles. The lowest BCUT2D eigenvalue weighted by Gasteiger charge is -2.32. The molecule has 1 saturated heterocycles. The molecule has 3 aromatic carbocycles. The number of carbonyl (C=O) groups excluding carboxylic acids is 2. The molecule has 12 heteroatoms. The summed E-state index contributed by atoms with van der Waals surface area (Å²) in [7, 11) is 4.82. The highest BCUT2D eigenvalue weighted by atomic mass is 16.5. The van der Waals surface area contributed by atoms with E-state index in [1.165, 1.54) is 4.90 Å². The molecule has 1 fully saturated rings. The maximum Gasteiger partial charge on any atom is 0.261 e. The number of carbonyl (C=O) groups is 2. The zero-order chi connectivity index (χ0) is 33.6. The Morgan fingerprint density at radius 3 is 2.48 bits per heavy atom. The van der Waals surface area contributed by atoms with Crippen LogP contribution in [0.2, 0.25) is 0 Å². The third-order valence-corrected chi connectivity index (χ3v) is 8.77. The van der Waals surface area contributed by atoms with Gasteiger partial charge in [0.1, 0.15) is 18.2 Å². The Morgan fingerprint density at radius 1 is 0.854 bits per heavy atom. The normalized spacial score (nSPS) is 16.4. The molecule has 0 saturated carbocycles. The van der Waals surface area contributed by atoms with Crippen LogP contribution in [0.15, 0.2) is 65.5 Å². The predicted molar refractivity (Wildman–Crippen MR) is 178 cm³/mol. The fourth-order valence-corrected chi connectivity index (χ4v) is 6.25. The first-order valence-electron chi connectivity index (χ1n) is 16.1. The average molecular weight is 657 g/mol. The lowest BCUT2D eigenvalue weighted by molar-refractivity contribution is -0.0627. The summed E-state index contributed by atoms with van der Waals surface area (Å²) < 4.78 is 29.3. The van der Waals surface area contributed by atoms with Crippen LogP contribution in [-0.4, -0.2) is 105 Å². The molecule has 1 atom stereocenters. The van der Waals surface area contributed by atoms with E-state index in [-0.39, 0.29) is 30.5 Å². The summed E-state index contributed by atoms with van der Waals surface area (Å²) in [4.78, 5) is 48.8. The molecule has 0 spiro atoms. The van der Waals surface area contributed by atoms with Crippen molar-refractivity contribution in [3.63, 3.8) is 0 Å². The predicted octanol–water partition coefficient (Wildman–Crippen LogP) is 3.22. The minimum Gasteiger partial charge on any atom is -0.493 e. The standard InChI is InChI=1S/C36H40N4O8/c1-44-23-26-22-38(17-19-48-26)16-18-47-25-9-10-27-29(21-25)36(43)40(34(27)41)15-13-33-37-30-7-5-4-6-28(30)35(42)39(33)14-12-24-8-11-31(45-2)32(20-24)46-3/h4-11,20-21,26H,12-19,22-23H2,1-3H3. The third-order valence-electron chi connectivity index (χ3n) is 8.77. The quantitative estimate of drug-likeness (QED) is 0.187. The van der Waals surface area contributed by atoms with Crippen molar-refractivity contribution in [2.45, 2.75) is 25.5 Å². The molecule has 252 valence electrons. The van der Waals surface area contributed by atoms with Gasteiger partial charge in [0.2, 0.25) is 0 Å². The lowest BCUT2D eigenvalue weighted by Crippen LogP contribution is -2.45. The topological polar surface area (TPSA) is 122 Å². The second-order valence-electron chi connectivity index (χ2n) is 11.8. The molecule has 3 heterocycles. The summed E-state index contributed by atoms with van der Waals surface area (Å²) in [5, 5.41) is 0.505. The van der Waals surface area contributed by atoms with E-state index in [0.717, 1.165) is 18.7 Å². The minimum atomic E-state index is -0.393. The smallest absolute Gasteiger partial charge is 0.261 e. The Hall–Kier alpha value is -4.78. The number of methoxy groups -OCH3 is 3. The highest BCUT2D eigenvalue weighted by molar-refractivity contribution is 6.21. The third kappa shape index (κ3) is 7.05. The maximum atomic E-state index is 13.7. The number of amides is 2. The first kappa shape index (κ1) is 33.1. The first-order chi connectivity index (χ1) is 23.4. The van der Waals surface area contributed by atoms with Crippen molar-refractivity contribution < 1.29 is 33.3 Å². The van der Waals surface area contributed by atoms with Crippen LogP contribution in [0.3, 0.4) is 0 Å². The second kappa shape index (κ2) is 15.0. The molecule has 0 bridgehead atoms. The molecular weight excluding hydrogens is 616 g/mol. The number of nitrogens with zero attached hydrogens (tertiary/aromatic N) is 4. The average Bonchev–Trinajstić information content (AvgIpc) is 3.34. The molecule has 48 heavy (non-hydrogen) atoms. The van der Waals surface area contributed by atoms with Gasteiger partial charge >= 0.3 is 0 Å². The largest absolute Gasteiger partial charge is 0.493 e. The molecule has 12 nitrogen and oxygen atoms in total.